The molecule has 1 atom stereocenters. The molecule has 0 bridgehead atoms. The molecule has 1 aromatic carbocycles. The molecule has 0 fully saturated rings. The van der Waals surface area contributed by atoms with E-state index in [0.29, 0.717) is 10.8 Å². The van der Waals surface area contributed by atoms with Crippen LogP contribution >= 0.6 is 0 Å². The fourth-order valence-corrected chi connectivity index (χ4v) is 6.31. The van der Waals surface area contributed by atoms with E-state index >= 15 is 0 Å². The van der Waals surface area contributed by atoms with Gasteiger partial charge in [-0.2, -0.15) is 0 Å². The van der Waals surface area contributed by atoms with Crippen molar-refractivity contribution in [2.75, 3.05) is 0 Å². The Labute approximate surface area is 104 Å². The van der Waals surface area contributed by atoms with Crippen molar-refractivity contribution in [3.63, 3.8) is 0 Å². The average molecular weight is 253 g/mol. The van der Waals surface area contributed by atoms with Crippen molar-refractivity contribution in [3.8, 4) is 0 Å². The van der Waals surface area contributed by atoms with Gasteiger partial charge >= 0.3 is 0 Å². The molecule has 1 rings (SSSR count). The highest BCUT2D eigenvalue weighted by atomic mass is 28.3. The fourth-order valence-electron chi connectivity index (χ4n) is 1.87. The van der Waals surface area contributed by atoms with Gasteiger partial charge in [0.05, 0.1) is 13.8 Å². The van der Waals surface area contributed by atoms with Crippen LogP contribution in [0.4, 0.5) is 0 Å². The molecule has 3 heteroatoms. The molecule has 90 valence electrons. The first-order valence-electron chi connectivity index (χ1n) is 5.88. The second kappa shape index (κ2) is 4.86. The maximum absolute atomic E-state index is 5.93. The summed E-state index contributed by atoms with van der Waals surface area (Å²) in [6.45, 7) is 11.9. The molecule has 0 heterocycles. The van der Waals surface area contributed by atoms with Gasteiger partial charge in [0.2, 0.25) is 0 Å². The van der Waals surface area contributed by atoms with Gasteiger partial charge in [0.15, 0.2) is 0 Å². The summed E-state index contributed by atoms with van der Waals surface area (Å²) in [6.07, 6.45) is 0. The molecule has 1 nitrogen and oxygen atoms in total. The molecule has 0 aromatic heterocycles. The second-order valence-electron chi connectivity index (χ2n) is 6.00. The van der Waals surface area contributed by atoms with Crippen LogP contribution in [0.15, 0.2) is 30.3 Å². The largest absolute Gasteiger partial charge is 0.424 e. The molecule has 0 saturated carbocycles. The van der Waals surface area contributed by atoms with Gasteiger partial charge in [-0.25, -0.2) is 0 Å². The normalized spacial score (nSPS) is 15.1. The number of hydrogen-bond donors (Lipinski definition) is 0. The lowest BCUT2D eigenvalue weighted by molar-refractivity contribution is 0.296. The molecule has 0 saturated heterocycles. The Balaban J connectivity index is 3.09. The second-order valence-corrected chi connectivity index (χ2v) is 11.9. The van der Waals surface area contributed by atoms with Gasteiger partial charge in [-0.3, -0.25) is 0 Å². The molecule has 0 amide bonds. The van der Waals surface area contributed by atoms with Gasteiger partial charge in [0.1, 0.15) is 10.5 Å². The van der Waals surface area contributed by atoms with E-state index in [1.54, 1.807) is 0 Å². The minimum atomic E-state index is -1.46. The van der Waals surface area contributed by atoms with Crippen LogP contribution in [-0.4, -0.2) is 18.6 Å². The van der Waals surface area contributed by atoms with Crippen LogP contribution in [0.1, 0.15) is 32.1 Å². The lowest BCUT2D eigenvalue weighted by Gasteiger charge is -2.43. The van der Waals surface area contributed by atoms with Gasteiger partial charge in [-0.1, -0.05) is 64.2 Å². The van der Waals surface area contributed by atoms with E-state index in [0.717, 1.165) is 10.5 Å². The molecule has 0 radical (unpaired) electrons. The van der Waals surface area contributed by atoms with E-state index in [9.17, 15) is 0 Å². The standard InChI is InChI=1S/C13H24OSi2/c1-13(2,3)16(4,5)12(14-15)11-9-7-6-8-10-11/h6-10,12H,1-5,15H3. The summed E-state index contributed by atoms with van der Waals surface area (Å²) in [4.78, 5) is 0. The van der Waals surface area contributed by atoms with Gasteiger partial charge in [-0.05, 0) is 10.6 Å². The average Bonchev–Trinajstić information content (AvgIpc) is 2.18. The molecule has 1 aromatic rings. The Bertz CT molecular complexity index is 328. The summed E-state index contributed by atoms with van der Waals surface area (Å²) >= 11 is 0. The summed E-state index contributed by atoms with van der Waals surface area (Å²) in [5, 5.41) is 0.359. The van der Waals surface area contributed by atoms with E-state index < -0.39 is 8.07 Å². The van der Waals surface area contributed by atoms with Gasteiger partial charge in [-0.15, -0.1) is 0 Å². The van der Waals surface area contributed by atoms with E-state index in [-0.39, 0.29) is 0 Å². The Hall–Kier alpha value is -0.386. The SMILES string of the molecule is CC(C)(C)[Si](C)(C)C(O[SiH3])c1ccccc1. The zero-order chi connectivity index (χ0) is 12.4. The van der Waals surface area contributed by atoms with Gasteiger partial charge in [0.25, 0.3) is 0 Å². The summed E-state index contributed by atoms with van der Waals surface area (Å²) in [5.74, 6) is 0. The Kier molecular flexibility index (Phi) is 4.15. The first kappa shape index (κ1) is 13.7. The number of hydrogen-bond acceptors (Lipinski definition) is 1. The van der Waals surface area contributed by atoms with Gasteiger partial charge < -0.3 is 4.43 Å². The smallest absolute Gasteiger partial charge is 0.146 e. The van der Waals surface area contributed by atoms with Crippen LogP contribution in [0.25, 0.3) is 0 Å². The predicted molar refractivity (Wildman–Crippen MR) is 77.4 cm³/mol. The maximum atomic E-state index is 5.93. The number of benzene rings is 1. The van der Waals surface area contributed by atoms with Crippen molar-refractivity contribution in [2.45, 2.75) is 44.6 Å². The molecule has 16 heavy (non-hydrogen) atoms. The minimum Gasteiger partial charge on any atom is -0.424 e. The topological polar surface area (TPSA) is 9.23 Å². The maximum Gasteiger partial charge on any atom is 0.146 e. The fraction of sp³-hybridized carbons (Fsp3) is 0.538. The van der Waals surface area contributed by atoms with Crippen molar-refractivity contribution >= 4 is 18.6 Å². The van der Waals surface area contributed by atoms with Crippen LogP contribution in [0.5, 0.6) is 0 Å². The van der Waals surface area contributed by atoms with E-state index in [2.05, 4.69) is 64.2 Å². The molecule has 0 aliphatic heterocycles. The Morgan fingerprint density at radius 1 is 1.12 bits per heavy atom. The molecule has 0 N–H and O–H groups in total. The van der Waals surface area contributed by atoms with Crippen molar-refractivity contribution < 1.29 is 4.43 Å². The highest BCUT2D eigenvalue weighted by Crippen LogP contribution is 2.44. The molecular weight excluding hydrogens is 228 g/mol. The lowest BCUT2D eigenvalue weighted by Crippen LogP contribution is -2.45. The summed E-state index contributed by atoms with van der Waals surface area (Å²) < 4.78 is 5.93. The Morgan fingerprint density at radius 2 is 1.62 bits per heavy atom. The van der Waals surface area contributed by atoms with Gasteiger partial charge in [0, 0.05) is 0 Å². The third-order valence-electron chi connectivity index (χ3n) is 3.93. The van der Waals surface area contributed by atoms with Crippen molar-refractivity contribution in [2.24, 2.45) is 0 Å². The minimum absolute atomic E-state index is 0.334. The quantitative estimate of drug-likeness (QED) is 0.751. The van der Waals surface area contributed by atoms with Crippen molar-refractivity contribution in [3.05, 3.63) is 35.9 Å². The van der Waals surface area contributed by atoms with Crippen LogP contribution < -0.4 is 0 Å². The van der Waals surface area contributed by atoms with E-state index in [1.165, 1.54) is 5.56 Å². The highest BCUT2D eigenvalue weighted by molar-refractivity contribution is 6.81. The Morgan fingerprint density at radius 3 is 2.00 bits per heavy atom. The zero-order valence-electron chi connectivity index (χ0n) is 11.4. The van der Waals surface area contributed by atoms with E-state index in [4.69, 9.17) is 4.43 Å². The monoisotopic (exact) mass is 252 g/mol. The van der Waals surface area contributed by atoms with Crippen LogP contribution in [0.2, 0.25) is 18.1 Å². The third kappa shape index (κ3) is 2.65. The van der Waals surface area contributed by atoms with Crippen molar-refractivity contribution in [1.82, 2.24) is 0 Å². The summed E-state index contributed by atoms with van der Waals surface area (Å²) in [7, 11) is -0.656. The first-order valence-corrected chi connectivity index (χ1v) is 9.78. The molecule has 0 aliphatic rings. The molecule has 0 aliphatic carbocycles. The van der Waals surface area contributed by atoms with Crippen LogP contribution in [-0.2, 0) is 4.43 Å². The van der Waals surface area contributed by atoms with Crippen molar-refractivity contribution in [1.29, 1.82) is 0 Å². The van der Waals surface area contributed by atoms with E-state index in [1.807, 2.05) is 0 Å². The number of rotatable bonds is 3. The first-order chi connectivity index (χ1) is 7.30. The van der Waals surface area contributed by atoms with Crippen LogP contribution in [0.3, 0.4) is 0 Å². The lowest BCUT2D eigenvalue weighted by atomic mass is 10.2. The highest BCUT2D eigenvalue weighted by Gasteiger charge is 2.42. The predicted octanol–water partition coefficient (Wildman–Crippen LogP) is 3.07. The third-order valence-corrected chi connectivity index (χ3v) is 10.6. The molecule has 0 spiro atoms. The van der Waals surface area contributed by atoms with Crippen LogP contribution in [0, 0.1) is 0 Å². The molecule has 1 unspecified atom stereocenters. The summed E-state index contributed by atoms with van der Waals surface area (Å²) in [6, 6.07) is 10.7. The summed E-state index contributed by atoms with van der Waals surface area (Å²) in [5.41, 5.74) is 1.68. The zero-order valence-corrected chi connectivity index (χ0v) is 14.4. The molecular formula is C13H24OSi2.